The summed E-state index contributed by atoms with van der Waals surface area (Å²) in [5.74, 6) is 0. The standard InChI is InChI=1S/C20H25N/c1-15-7-9-17(10-8-15)14-21-16(2)19-12-11-18-5-3-4-6-20(18)13-19/h7-13,16,21H,3-6,14H2,1-2H3. The molecular formula is C20H25N. The molecule has 1 heteroatoms. The molecule has 3 rings (SSSR count). The lowest BCUT2D eigenvalue weighted by atomic mass is 9.89. The maximum atomic E-state index is 3.64. The van der Waals surface area contributed by atoms with Gasteiger partial charge in [-0.25, -0.2) is 0 Å². The molecule has 0 bridgehead atoms. The molecule has 1 aliphatic carbocycles. The minimum Gasteiger partial charge on any atom is -0.306 e. The molecule has 0 spiro atoms. The minimum absolute atomic E-state index is 0.401. The Morgan fingerprint density at radius 1 is 0.952 bits per heavy atom. The molecule has 2 aromatic carbocycles. The Hall–Kier alpha value is -1.60. The topological polar surface area (TPSA) is 12.0 Å². The molecule has 1 aliphatic rings. The summed E-state index contributed by atoms with van der Waals surface area (Å²) in [5.41, 5.74) is 7.23. The average molecular weight is 279 g/mol. The molecular weight excluding hydrogens is 254 g/mol. The highest BCUT2D eigenvalue weighted by molar-refractivity contribution is 5.35. The minimum atomic E-state index is 0.401. The zero-order chi connectivity index (χ0) is 14.7. The van der Waals surface area contributed by atoms with Crippen molar-refractivity contribution in [1.82, 2.24) is 5.32 Å². The fourth-order valence-corrected chi connectivity index (χ4v) is 3.12. The first-order valence-electron chi connectivity index (χ1n) is 8.13. The van der Waals surface area contributed by atoms with Gasteiger partial charge in [-0.1, -0.05) is 48.0 Å². The number of nitrogens with one attached hydrogen (secondary N) is 1. The van der Waals surface area contributed by atoms with Gasteiger partial charge in [0.15, 0.2) is 0 Å². The van der Waals surface area contributed by atoms with Crippen LogP contribution >= 0.6 is 0 Å². The summed E-state index contributed by atoms with van der Waals surface area (Å²) in [6.45, 7) is 5.32. The number of rotatable bonds is 4. The van der Waals surface area contributed by atoms with Gasteiger partial charge in [0.1, 0.15) is 0 Å². The van der Waals surface area contributed by atoms with Gasteiger partial charge in [0.25, 0.3) is 0 Å². The predicted octanol–water partition coefficient (Wildman–Crippen LogP) is 4.72. The summed E-state index contributed by atoms with van der Waals surface area (Å²) in [5, 5.41) is 3.64. The smallest absolute Gasteiger partial charge is 0.0295 e. The number of aryl methyl sites for hydroxylation is 3. The van der Waals surface area contributed by atoms with Crippen molar-refractivity contribution < 1.29 is 0 Å². The molecule has 0 saturated carbocycles. The summed E-state index contributed by atoms with van der Waals surface area (Å²) in [6, 6.07) is 16.2. The third-order valence-corrected chi connectivity index (χ3v) is 4.61. The Labute approximate surface area is 128 Å². The molecule has 1 N–H and O–H groups in total. The van der Waals surface area contributed by atoms with E-state index in [-0.39, 0.29) is 0 Å². The first kappa shape index (κ1) is 14.3. The van der Waals surface area contributed by atoms with E-state index in [0.29, 0.717) is 6.04 Å². The second-order valence-electron chi connectivity index (χ2n) is 6.32. The molecule has 1 unspecified atom stereocenters. The zero-order valence-corrected chi connectivity index (χ0v) is 13.2. The van der Waals surface area contributed by atoms with E-state index in [0.717, 1.165) is 6.54 Å². The summed E-state index contributed by atoms with van der Waals surface area (Å²) < 4.78 is 0. The largest absolute Gasteiger partial charge is 0.306 e. The van der Waals surface area contributed by atoms with Crippen LogP contribution in [-0.2, 0) is 19.4 Å². The summed E-state index contributed by atoms with van der Waals surface area (Å²) in [6.07, 6.45) is 5.23. The highest BCUT2D eigenvalue weighted by Gasteiger charge is 2.12. The van der Waals surface area contributed by atoms with Gasteiger partial charge in [-0.15, -0.1) is 0 Å². The Bertz CT molecular complexity index is 598. The van der Waals surface area contributed by atoms with Gasteiger partial charge < -0.3 is 5.32 Å². The number of benzene rings is 2. The monoisotopic (exact) mass is 279 g/mol. The van der Waals surface area contributed by atoms with Crippen molar-refractivity contribution in [3.05, 3.63) is 70.3 Å². The number of hydrogen-bond donors (Lipinski definition) is 1. The molecule has 2 aromatic rings. The van der Waals surface area contributed by atoms with Crippen molar-refractivity contribution in [2.24, 2.45) is 0 Å². The quantitative estimate of drug-likeness (QED) is 0.853. The van der Waals surface area contributed by atoms with Crippen LogP contribution in [0.1, 0.15) is 53.6 Å². The van der Waals surface area contributed by atoms with Crippen LogP contribution in [0.3, 0.4) is 0 Å². The molecule has 0 radical (unpaired) electrons. The van der Waals surface area contributed by atoms with Crippen LogP contribution in [-0.4, -0.2) is 0 Å². The molecule has 0 aromatic heterocycles. The van der Waals surface area contributed by atoms with E-state index in [4.69, 9.17) is 0 Å². The number of hydrogen-bond acceptors (Lipinski definition) is 1. The van der Waals surface area contributed by atoms with E-state index < -0.39 is 0 Å². The fraction of sp³-hybridized carbons (Fsp3) is 0.400. The van der Waals surface area contributed by atoms with Crippen LogP contribution in [0.4, 0.5) is 0 Å². The normalized spacial score (nSPS) is 15.5. The fourth-order valence-electron chi connectivity index (χ4n) is 3.12. The maximum absolute atomic E-state index is 3.64. The first-order valence-corrected chi connectivity index (χ1v) is 8.13. The van der Waals surface area contributed by atoms with Crippen molar-refractivity contribution in [2.75, 3.05) is 0 Å². The Morgan fingerprint density at radius 3 is 2.43 bits per heavy atom. The molecule has 1 atom stereocenters. The van der Waals surface area contributed by atoms with E-state index in [2.05, 4.69) is 61.6 Å². The molecule has 110 valence electrons. The van der Waals surface area contributed by atoms with Gasteiger partial charge >= 0.3 is 0 Å². The maximum Gasteiger partial charge on any atom is 0.0295 e. The third-order valence-electron chi connectivity index (χ3n) is 4.61. The Balaban J connectivity index is 1.65. The van der Waals surface area contributed by atoms with Crippen LogP contribution in [0.25, 0.3) is 0 Å². The zero-order valence-electron chi connectivity index (χ0n) is 13.2. The van der Waals surface area contributed by atoms with Crippen molar-refractivity contribution in [3.8, 4) is 0 Å². The lowest BCUT2D eigenvalue weighted by Gasteiger charge is -2.20. The second-order valence-corrected chi connectivity index (χ2v) is 6.32. The molecule has 0 fully saturated rings. The SMILES string of the molecule is Cc1ccc(CNC(C)c2ccc3c(c2)CCCC3)cc1. The van der Waals surface area contributed by atoms with Crippen LogP contribution in [0.15, 0.2) is 42.5 Å². The van der Waals surface area contributed by atoms with E-state index in [1.165, 1.54) is 42.4 Å². The lowest BCUT2D eigenvalue weighted by Crippen LogP contribution is -2.18. The summed E-state index contributed by atoms with van der Waals surface area (Å²) in [7, 11) is 0. The van der Waals surface area contributed by atoms with Gasteiger partial charge in [-0.3, -0.25) is 0 Å². The van der Waals surface area contributed by atoms with E-state index >= 15 is 0 Å². The molecule has 0 heterocycles. The van der Waals surface area contributed by atoms with Crippen molar-refractivity contribution in [3.63, 3.8) is 0 Å². The predicted molar refractivity (Wildman–Crippen MR) is 89.5 cm³/mol. The molecule has 21 heavy (non-hydrogen) atoms. The highest BCUT2D eigenvalue weighted by atomic mass is 14.9. The second kappa shape index (κ2) is 6.44. The molecule has 0 saturated heterocycles. The van der Waals surface area contributed by atoms with Crippen molar-refractivity contribution >= 4 is 0 Å². The van der Waals surface area contributed by atoms with Gasteiger partial charge in [-0.05, 0) is 61.8 Å². The third kappa shape index (κ3) is 3.54. The van der Waals surface area contributed by atoms with Crippen LogP contribution in [0.5, 0.6) is 0 Å². The van der Waals surface area contributed by atoms with Crippen LogP contribution in [0, 0.1) is 6.92 Å². The Morgan fingerprint density at radius 2 is 1.67 bits per heavy atom. The van der Waals surface area contributed by atoms with Crippen LogP contribution in [0.2, 0.25) is 0 Å². The van der Waals surface area contributed by atoms with Gasteiger partial charge in [0.05, 0.1) is 0 Å². The first-order chi connectivity index (χ1) is 10.2. The van der Waals surface area contributed by atoms with Crippen LogP contribution < -0.4 is 5.32 Å². The Kier molecular flexibility index (Phi) is 4.40. The van der Waals surface area contributed by atoms with Gasteiger partial charge in [0.2, 0.25) is 0 Å². The number of fused-ring (bicyclic) bond motifs is 1. The summed E-state index contributed by atoms with van der Waals surface area (Å²) >= 11 is 0. The lowest BCUT2D eigenvalue weighted by molar-refractivity contribution is 0.572. The highest BCUT2D eigenvalue weighted by Crippen LogP contribution is 2.24. The van der Waals surface area contributed by atoms with Gasteiger partial charge in [0, 0.05) is 12.6 Å². The molecule has 0 amide bonds. The van der Waals surface area contributed by atoms with E-state index in [1.54, 1.807) is 11.1 Å². The van der Waals surface area contributed by atoms with Crippen molar-refractivity contribution in [2.45, 2.75) is 52.1 Å². The van der Waals surface area contributed by atoms with Crippen molar-refractivity contribution in [1.29, 1.82) is 0 Å². The molecule has 1 nitrogen and oxygen atoms in total. The summed E-state index contributed by atoms with van der Waals surface area (Å²) in [4.78, 5) is 0. The molecule has 0 aliphatic heterocycles. The van der Waals surface area contributed by atoms with Gasteiger partial charge in [-0.2, -0.15) is 0 Å². The average Bonchev–Trinajstić information content (AvgIpc) is 2.53. The van der Waals surface area contributed by atoms with E-state index in [1.807, 2.05) is 0 Å². The van der Waals surface area contributed by atoms with E-state index in [9.17, 15) is 0 Å².